The number of aromatic nitrogens is 4. The van der Waals surface area contributed by atoms with Gasteiger partial charge in [0.2, 0.25) is 0 Å². The molecule has 5 heteroatoms. The molecule has 0 aromatic carbocycles. The van der Waals surface area contributed by atoms with Gasteiger partial charge in [-0.25, -0.2) is 14.4 Å². The van der Waals surface area contributed by atoms with Crippen LogP contribution in [0.1, 0.15) is 37.4 Å². The van der Waals surface area contributed by atoms with Crippen molar-refractivity contribution in [1.29, 1.82) is 0 Å². The van der Waals surface area contributed by atoms with Crippen LogP contribution in [0.25, 0.3) is 11.3 Å². The maximum Gasteiger partial charge on any atom is 0.134 e. The van der Waals surface area contributed by atoms with E-state index in [0.717, 1.165) is 17.5 Å². The van der Waals surface area contributed by atoms with E-state index in [2.05, 4.69) is 34.0 Å². The number of hydrogen-bond donors (Lipinski definition) is 0. The number of hydrogen-bond acceptors (Lipinski definition) is 4. The molecule has 1 aliphatic carbocycles. The highest BCUT2D eigenvalue weighted by Crippen LogP contribution is 2.52. The number of rotatable bonds is 4. The summed E-state index contributed by atoms with van der Waals surface area (Å²) in [5, 5.41) is 8.14. The van der Waals surface area contributed by atoms with Crippen molar-refractivity contribution in [3.05, 3.63) is 36.0 Å². The second-order valence-electron chi connectivity index (χ2n) is 5.64. The summed E-state index contributed by atoms with van der Waals surface area (Å²) >= 11 is 0. The predicted octanol–water partition coefficient (Wildman–Crippen LogP) is 3.16. The summed E-state index contributed by atoms with van der Waals surface area (Å²) in [5.41, 5.74) is 3.00. The average Bonchev–Trinajstić information content (AvgIpc) is 3.28. The van der Waals surface area contributed by atoms with Gasteiger partial charge in [0.25, 0.3) is 0 Å². The van der Waals surface area contributed by atoms with Gasteiger partial charge in [-0.15, -0.1) is 0 Å². The minimum absolute atomic E-state index is 0.416. The molecule has 104 valence electrons. The number of nitrogens with zero attached hydrogens (tertiary/aromatic N) is 4. The van der Waals surface area contributed by atoms with Crippen LogP contribution in [0.4, 0.5) is 4.39 Å². The third kappa shape index (κ3) is 2.40. The summed E-state index contributed by atoms with van der Waals surface area (Å²) in [7, 11) is 0. The molecule has 3 rings (SSSR count). The summed E-state index contributed by atoms with van der Waals surface area (Å²) in [4.78, 5) is 7.97. The minimum Gasteiger partial charge on any atom is -0.244 e. The minimum atomic E-state index is -0.560. The fraction of sp³-hybridized carbons (Fsp3) is 0.467. The van der Waals surface area contributed by atoms with Crippen molar-refractivity contribution in [3.63, 3.8) is 0 Å². The zero-order valence-electron chi connectivity index (χ0n) is 11.6. The molecule has 0 saturated heterocycles. The van der Waals surface area contributed by atoms with Crippen LogP contribution in [0.5, 0.6) is 0 Å². The molecule has 4 nitrogen and oxygen atoms in total. The van der Waals surface area contributed by atoms with Crippen molar-refractivity contribution in [2.24, 2.45) is 11.8 Å². The van der Waals surface area contributed by atoms with Crippen molar-refractivity contribution < 1.29 is 4.39 Å². The Labute approximate surface area is 117 Å². The Balaban J connectivity index is 1.96. The molecular formula is C15H17FN4. The zero-order valence-corrected chi connectivity index (χ0v) is 11.6. The van der Waals surface area contributed by atoms with E-state index in [1.807, 2.05) is 6.07 Å². The fourth-order valence-electron chi connectivity index (χ4n) is 2.74. The van der Waals surface area contributed by atoms with E-state index in [9.17, 15) is 4.39 Å². The first-order valence-electron chi connectivity index (χ1n) is 6.88. The maximum atomic E-state index is 13.1. The van der Waals surface area contributed by atoms with Crippen LogP contribution >= 0.6 is 0 Å². The van der Waals surface area contributed by atoms with E-state index in [1.54, 1.807) is 12.4 Å². The Morgan fingerprint density at radius 2 is 2.00 bits per heavy atom. The molecule has 0 radical (unpaired) electrons. The van der Waals surface area contributed by atoms with E-state index in [-0.39, 0.29) is 0 Å². The molecule has 2 aromatic heterocycles. The van der Waals surface area contributed by atoms with E-state index < -0.39 is 6.67 Å². The third-order valence-corrected chi connectivity index (χ3v) is 3.98. The molecule has 0 N–H and O–H groups in total. The molecular weight excluding hydrogens is 255 g/mol. The number of alkyl halides is 1. The molecule has 0 bridgehead atoms. The van der Waals surface area contributed by atoms with E-state index >= 15 is 0 Å². The van der Waals surface area contributed by atoms with Crippen LogP contribution in [-0.4, -0.2) is 20.2 Å². The van der Waals surface area contributed by atoms with Crippen molar-refractivity contribution >= 4 is 0 Å². The normalized spacial score (nSPS) is 21.2. The van der Waals surface area contributed by atoms with Crippen LogP contribution in [0.2, 0.25) is 0 Å². The summed E-state index contributed by atoms with van der Waals surface area (Å²) in [6, 6.07) is 1.95. The Hall–Kier alpha value is -1.91. The van der Waals surface area contributed by atoms with Crippen LogP contribution < -0.4 is 0 Å². The van der Waals surface area contributed by atoms with E-state index in [1.165, 1.54) is 6.33 Å². The zero-order chi connectivity index (χ0) is 14.1. The topological polar surface area (TPSA) is 51.6 Å². The smallest absolute Gasteiger partial charge is 0.134 e. The molecule has 20 heavy (non-hydrogen) atoms. The molecule has 2 heterocycles. The van der Waals surface area contributed by atoms with Crippen LogP contribution in [0, 0.1) is 11.8 Å². The highest BCUT2D eigenvalue weighted by molar-refractivity contribution is 5.57. The van der Waals surface area contributed by atoms with Gasteiger partial charge in [-0.2, -0.15) is 10.2 Å². The summed E-state index contributed by atoms with van der Waals surface area (Å²) < 4.78 is 13.1. The first-order valence-corrected chi connectivity index (χ1v) is 6.88. The van der Waals surface area contributed by atoms with Crippen molar-refractivity contribution in [2.75, 3.05) is 0 Å². The molecule has 1 saturated carbocycles. The molecule has 2 atom stereocenters. The van der Waals surface area contributed by atoms with Crippen molar-refractivity contribution in [1.82, 2.24) is 20.2 Å². The van der Waals surface area contributed by atoms with Gasteiger partial charge < -0.3 is 0 Å². The van der Waals surface area contributed by atoms with Gasteiger partial charge >= 0.3 is 0 Å². The molecule has 0 aliphatic heterocycles. The first kappa shape index (κ1) is 13.1. The average molecular weight is 272 g/mol. The quantitative estimate of drug-likeness (QED) is 0.858. The SMILES string of the molecule is CC(C)[C@H]1C[C@@H]1c1cc(-c2cncnc2)nnc1CF. The van der Waals surface area contributed by atoms with Crippen molar-refractivity contribution in [2.45, 2.75) is 32.9 Å². The lowest BCUT2D eigenvalue weighted by atomic mass is 10.0. The van der Waals surface area contributed by atoms with Crippen LogP contribution in [-0.2, 0) is 6.67 Å². The largest absolute Gasteiger partial charge is 0.244 e. The number of halogens is 1. The summed E-state index contributed by atoms with van der Waals surface area (Å²) in [6.45, 7) is 3.86. The molecule has 2 aromatic rings. The van der Waals surface area contributed by atoms with Gasteiger partial charge in [0.15, 0.2) is 0 Å². The molecule has 0 unspecified atom stereocenters. The lowest BCUT2D eigenvalue weighted by Crippen LogP contribution is -2.02. The standard InChI is InChI=1S/C15H17FN4/c1-9(2)11-3-12(11)13-4-14(19-20-15(13)5-16)10-6-17-8-18-7-10/h4,6-9,11-12H,3,5H2,1-2H3/t11-,12+/m1/s1. The van der Waals surface area contributed by atoms with E-state index in [4.69, 9.17) is 0 Å². The Morgan fingerprint density at radius 1 is 1.25 bits per heavy atom. The second-order valence-corrected chi connectivity index (χ2v) is 5.64. The van der Waals surface area contributed by atoms with Crippen molar-refractivity contribution in [3.8, 4) is 11.3 Å². The van der Waals surface area contributed by atoms with Gasteiger partial charge in [0.1, 0.15) is 13.0 Å². The molecule has 1 aliphatic rings. The summed E-state index contributed by atoms with van der Waals surface area (Å²) in [5.74, 6) is 1.66. The summed E-state index contributed by atoms with van der Waals surface area (Å²) in [6.07, 6.45) is 5.98. The Morgan fingerprint density at radius 3 is 2.60 bits per heavy atom. The maximum absolute atomic E-state index is 13.1. The van der Waals surface area contributed by atoms with Gasteiger partial charge in [-0.3, -0.25) is 0 Å². The predicted molar refractivity (Wildman–Crippen MR) is 73.6 cm³/mol. The Kier molecular flexibility index (Phi) is 3.42. The monoisotopic (exact) mass is 272 g/mol. The second kappa shape index (κ2) is 5.23. The van der Waals surface area contributed by atoms with Crippen LogP contribution in [0.15, 0.2) is 24.8 Å². The highest BCUT2D eigenvalue weighted by Gasteiger charge is 2.41. The third-order valence-electron chi connectivity index (χ3n) is 3.98. The molecule has 1 fully saturated rings. The van der Waals surface area contributed by atoms with Gasteiger partial charge in [-0.1, -0.05) is 13.8 Å². The lowest BCUT2D eigenvalue weighted by Gasteiger charge is -2.08. The lowest BCUT2D eigenvalue weighted by molar-refractivity contribution is 0.466. The fourth-order valence-corrected chi connectivity index (χ4v) is 2.74. The molecule has 0 amide bonds. The highest BCUT2D eigenvalue weighted by atomic mass is 19.1. The van der Waals surface area contributed by atoms with E-state index in [0.29, 0.717) is 29.1 Å². The first-order chi connectivity index (χ1) is 9.70. The van der Waals surface area contributed by atoms with Gasteiger partial charge in [0.05, 0.1) is 11.4 Å². The van der Waals surface area contributed by atoms with Gasteiger partial charge in [-0.05, 0) is 35.8 Å². The van der Waals surface area contributed by atoms with Gasteiger partial charge in [0, 0.05) is 18.0 Å². The van der Waals surface area contributed by atoms with Crippen LogP contribution in [0.3, 0.4) is 0 Å². The molecule has 0 spiro atoms. The Bertz CT molecular complexity index is 600.